The molecule has 0 atom stereocenters. The summed E-state index contributed by atoms with van der Waals surface area (Å²) in [4.78, 5) is 2.73. The Labute approximate surface area is 590 Å². The van der Waals surface area contributed by atoms with Crippen LogP contribution < -0.4 is 20.6 Å². The molecular formula is C94H101NSi3. The maximum absolute atomic E-state index is 4.34. The molecule has 0 radical (unpaired) electrons. The Hall–Kier alpha value is -8.67. The number of benzene rings is 9. The first-order valence-electron chi connectivity index (χ1n) is 36.4. The van der Waals surface area contributed by atoms with Crippen LogP contribution in [0.2, 0.25) is 49.4 Å². The van der Waals surface area contributed by atoms with E-state index in [1.54, 1.807) is 0 Å². The highest BCUT2D eigenvalue weighted by molar-refractivity contribution is 6.92. The molecule has 4 heteroatoms. The van der Waals surface area contributed by atoms with Crippen LogP contribution >= 0.6 is 0 Å². The monoisotopic (exact) mass is 1330 g/mol. The summed E-state index contributed by atoms with van der Waals surface area (Å²) >= 11 is 0. The third kappa shape index (κ3) is 11.9. The van der Waals surface area contributed by atoms with Gasteiger partial charge in [-0.15, -0.1) is 16.6 Å². The van der Waals surface area contributed by atoms with E-state index in [-0.39, 0.29) is 5.04 Å². The van der Waals surface area contributed by atoms with Gasteiger partial charge in [0.25, 0.3) is 0 Å². The fourth-order valence-electron chi connectivity index (χ4n) is 18.8. The molecule has 0 saturated heterocycles. The molecule has 3 aliphatic rings. The van der Waals surface area contributed by atoms with Gasteiger partial charge in [0.15, 0.2) is 0 Å². The van der Waals surface area contributed by atoms with Crippen molar-refractivity contribution in [2.24, 2.45) is 0 Å². The molecule has 0 saturated carbocycles. The number of rotatable bonds is 14. The molecular weight excluding hydrogens is 1230 g/mol. The van der Waals surface area contributed by atoms with Crippen molar-refractivity contribution in [3.8, 4) is 34.4 Å². The quantitative estimate of drug-likeness (QED) is 0.0775. The third-order valence-corrected chi connectivity index (χ3v) is 42.0. The highest BCUT2D eigenvalue weighted by atomic mass is 28.3. The molecule has 0 bridgehead atoms. The molecule has 494 valence electrons. The number of anilines is 3. The molecule has 9 aromatic rings. The molecule has 12 rings (SSSR count). The average molecular weight is 1330 g/mol. The Kier molecular flexibility index (Phi) is 19.5. The van der Waals surface area contributed by atoms with E-state index in [0.717, 1.165) is 82.4 Å². The molecule has 0 amide bonds. The fourth-order valence-corrected chi connectivity index (χ4v) is 35.4. The normalized spacial score (nSPS) is 12.7. The van der Waals surface area contributed by atoms with Crippen molar-refractivity contribution in [2.75, 3.05) is 4.90 Å². The van der Waals surface area contributed by atoms with E-state index >= 15 is 0 Å². The topological polar surface area (TPSA) is 3.24 Å². The van der Waals surface area contributed by atoms with Crippen LogP contribution in [0.1, 0.15) is 182 Å². The first-order valence-corrected chi connectivity index (χ1v) is 43.0. The van der Waals surface area contributed by atoms with Crippen LogP contribution in [-0.2, 0) is 0 Å². The highest BCUT2D eigenvalue weighted by Gasteiger charge is 2.49. The van der Waals surface area contributed by atoms with Gasteiger partial charge in [-0.2, -0.15) is 0 Å². The third-order valence-electron chi connectivity index (χ3n) is 22.8. The van der Waals surface area contributed by atoms with Gasteiger partial charge < -0.3 is 4.90 Å². The van der Waals surface area contributed by atoms with Crippen LogP contribution in [0, 0.1) is 34.4 Å². The minimum atomic E-state index is -2.41. The molecule has 9 aromatic carbocycles. The number of hydrogen-bond donors (Lipinski definition) is 0. The predicted molar refractivity (Wildman–Crippen MR) is 435 cm³/mol. The fraction of sp³-hybridized carbons (Fsp3) is 0.298. The lowest BCUT2D eigenvalue weighted by molar-refractivity contribution is 0.673. The van der Waals surface area contributed by atoms with E-state index in [1.165, 1.54) is 49.4 Å². The summed E-state index contributed by atoms with van der Waals surface area (Å²) in [6.45, 7) is 46.4. The molecule has 0 unspecified atom stereocenters. The second kappa shape index (κ2) is 27.6. The van der Waals surface area contributed by atoms with Crippen molar-refractivity contribution in [1.29, 1.82) is 0 Å². The van der Waals surface area contributed by atoms with Crippen molar-refractivity contribution < 1.29 is 0 Å². The second-order valence-corrected chi connectivity index (χ2v) is 48.5. The standard InChI is InChI=1S/C94H101NSi3/c1-62(2)96(63(3)4,64(5)6)53-50-70-56-79-88(85(73-38-26-20-27-39-73)74-40-28-21-29-41-74)80-57-71(51-54-97(65(7)8,66(9)10)67(11)12)59-82-90(87(77-46-34-24-35-47-77)78-48-36-25-37-49-78)84-61-72(52-55-98(68(13)14,69(15)16)94(17,18)19)60-83-89(81(58-70)91(79)95(92(80)82)93(83)84)86(75-42-30-22-31-43-75)76-44-32-23-33-45-76/h20-49,56-69H,1-19H3. The molecule has 3 heterocycles. The largest absolute Gasteiger partial charge is 0.307 e. The molecule has 98 heavy (non-hydrogen) atoms. The van der Waals surface area contributed by atoms with Crippen LogP contribution in [0.4, 0.5) is 17.1 Å². The SMILES string of the molecule is CC(C)[Si](C#Cc1cc2c3c(c1)c(=C(c1ccccc1)c1ccccc1)c1cc(C#C[Si](C(C)C)(C(C)C)C(C)(C)C)cc4c1N3c1c(cc(C#C[Si](C(C)C)(C(C)C)C(C)C)cc1c4=C(c1ccccc1)c1ccccc1)c2=C(c1ccccc1)c1ccccc1)(C(C)C)C(C)C. The van der Waals surface area contributed by atoms with E-state index in [9.17, 15) is 0 Å². The molecule has 0 aliphatic carbocycles. The van der Waals surface area contributed by atoms with Crippen molar-refractivity contribution >= 4 is 90.3 Å². The lowest BCUT2D eigenvalue weighted by Gasteiger charge is -2.45. The number of hydrogen-bond acceptors (Lipinski definition) is 1. The minimum Gasteiger partial charge on any atom is -0.307 e. The number of nitrogens with zero attached hydrogens (tertiary/aromatic N) is 1. The first kappa shape index (κ1) is 69.2. The summed E-state index contributed by atoms with van der Waals surface area (Å²) in [6.07, 6.45) is 0. The molecule has 1 nitrogen and oxygen atoms in total. The van der Waals surface area contributed by atoms with Gasteiger partial charge in [-0.05, 0) is 136 Å². The van der Waals surface area contributed by atoms with Gasteiger partial charge in [-0.25, -0.2) is 0 Å². The van der Waals surface area contributed by atoms with E-state index in [0.29, 0.717) is 44.3 Å². The van der Waals surface area contributed by atoms with E-state index in [2.05, 4.69) is 389 Å². The van der Waals surface area contributed by atoms with Crippen molar-refractivity contribution in [1.82, 2.24) is 0 Å². The lowest BCUT2D eigenvalue weighted by Crippen LogP contribution is -2.48. The Bertz CT molecular complexity index is 4710. The van der Waals surface area contributed by atoms with Crippen LogP contribution in [0.3, 0.4) is 0 Å². The summed E-state index contributed by atoms with van der Waals surface area (Å²) in [5.74, 6) is 12.5. The van der Waals surface area contributed by atoms with E-state index < -0.39 is 24.2 Å². The molecule has 0 spiro atoms. The van der Waals surface area contributed by atoms with Crippen molar-refractivity contribution in [3.63, 3.8) is 0 Å². The van der Waals surface area contributed by atoms with Gasteiger partial charge in [0.1, 0.15) is 24.2 Å². The van der Waals surface area contributed by atoms with E-state index in [4.69, 9.17) is 0 Å². The maximum atomic E-state index is 4.34. The van der Waals surface area contributed by atoms with Crippen molar-refractivity contribution in [2.45, 2.75) is 181 Å². The average Bonchev–Trinajstić information content (AvgIpc) is 0.671. The Morgan fingerprint density at radius 3 is 0.643 bits per heavy atom. The summed E-state index contributed by atoms with van der Waals surface area (Å²) in [5, 5.41) is 10.5. The molecule has 0 aromatic heterocycles. The Morgan fingerprint density at radius 1 is 0.276 bits per heavy atom. The van der Waals surface area contributed by atoms with Gasteiger partial charge in [-0.3, -0.25) is 0 Å². The second-order valence-electron chi connectivity index (χ2n) is 31.5. The Morgan fingerprint density at radius 2 is 0.469 bits per heavy atom. The van der Waals surface area contributed by atoms with Crippen LogP contribution in [0.15, 0.2) is 218 Å². The zero-order valence-electron chi connectivity index (χ0n) is 61.9. The summed E-state index contributed by atoms with van der Waals surface area (Å²) in [7, 11) is -7.00. The smallest absolute Gasteiger partial charge is 0.149 e. The van der Waals surface area contributed by atoms with Crippen molar-refractivity contribution in [3.05, 3.63) is 284 Å². The Balaban J connectivity index is 1.54. The maximum Gasteiger partial charge on any atom is 0.149 e. The molecule has 3 aliphatic heterocycles. The minimum absolute atomic E-state index is 0.00174. The highest BCUT2D eigenvalue weighted by Crippen LogP contribution is 2.54. The van der Waals surface area contributed by atoms with E-state index in [1.807, 2.05) is 0 Å². The summed E-state index contributed by atoms with van der Waals surface area (Å²) in [5.41, 5.74) is 33.4. The summed E-state index contributed by atoms with van der Waals surface area (Å²) in [6, 6.07) is 82.4. The first-order chi connectivity index (χ1) is 46.9. The zero-order valence-corrected chi connectivity index (χ0v) is 64.9. The lowest BCUT2D eigenvalue weighted by atomic mass is 9.81. The molecule has 0 N–H and O–H groups in total. The van der Waals surface area contributed by atoms with Gasteiger partial charge in [-0.1, -0.05) is 331 Å². The predicted octanol–water partition coefficient (Wildman–Crippen LogP) is 23.9. The summed E-state index contributed by atoms with van der Waals surface area (Å²) < 4.78 is 0. The van der Waals surface area contributed by atoms with Crippen LogP contribution in [0.25, 0.3) is 49.0 Å². The van der Waals surface area contributed by atoms with Gasteiger partial charge in [0, 0.05) is 64.7 Å². The van der Waals surface area contributed by atoms with Crippen LogP contribution in [0.5, 0.6) is 0 Å². The molecule has 0 fully saturated rings. The zero-order chi connectivity index (χ0) is 69.8. The van der Waals surface area contributed by atoms with Gasteiger partial charge in [0.2, 0.25) is 0 Å². The van der Waals surface area contributed by atoms with Crippen LogP contribution in [-0.4, -0.2) is 24.2 Å². The van der Waals surface area contributed by atoms with Gasteiger partial charge in [0.05, 0.1) is 17.1 Å². The van der Waals surface area contributed by atoms with Gasteiger partial charge >= 0.3 is 0 Å².